The molecule has 0 spiro atoms. The number of fused-ring (bicyclic) bond motifs is 1. The largest absolute Gasteiger partial charge is 0.366 e. The Labute approximate surface area is 117 Å². The lowest BCUT2D eigenvalue weighted by atomic mass is 9.99. The van der Waals surface area contributed by atoms with Gasteiger partial charge in [0.05, 0.1) is 0 Å². The van der Waals surface area contributed by atoms with E-state index in [2.05, 4.69) is 29.2 Å². The van der Waals surface area contributed by atoms with Crippen molar-refractivity contribution < 1.29 is 4.79 Å². The summed E-state index contributed by atoms with van der Waals surface area (Å²) in [6, 6.07) is 14.0. The third-order valence-electron chi connectivity index (χ3n) is 3.59. The van der Waals surface area contributed by atoms with E-state index in [4.69, 9.17) is 11.6 Å². The monoisotopic (exact) mass is 271 g/mol. The van der Waals surface area contributed by atoms with Crippen molar-refractivity contribution in [2.75, 3.05) is 11.4 Å². The minimum Gasteiger partial charge on any atom is -0.366 e. The second-order valence-electron chi connectivity index (χ2n) is 4.76. The van der Waals surface area contributed by atoms with Gasteiger partial charge < -0.3 is 4.90 Å². The summed E-state index contributed by atoms with van der Waals surface area (Å²) in [5, 5.41) is 0.600. The van der Waals surface area contributed by atoms with Crippen LogP contribution < -0.4 is 4.90 Å². The molecule has 96 valence electrons. The van der Waals surface area contributed by atoms with Gasteiger partial charge in [-0.2, -0.15) is 0 Å². The number of hydrogen-bond donors (Lipinski definition) is 0. The van der Waals surface area contributed by atoms with Crippen molar-refractivity contribution in [2.24, 2.45) is 0 Å². The second kappa shape index (κ2) is 5.06. The first-order chi connectivity index (χ1) is 9.28. The van der Waals surface area contributed by atoms with E-state index in [0.717, 1.165) is 31.5 Å². The number of anilines is 1. The first-order valence-corrected chi connectivity index (χ1v) is 6.72. The maximum absolute atomic E-state index is 11.2. The molecule has 0 saturated carbocycles. The molecule has 19 heavy (non-hydrogen) atoms. The fourth-order valence-corrected chi connectivity index (χ4v) is 2.79. The molecule has 2 aromatic rings. The van der Waals surface area contributed by atoms with Gasteiger partial charge in [0.25, 0.3) is 0 Å². The first kappa shape index (κ1) is 12.2. The average Bonchev–Trinajstić information content (AvgIpc) is 2.46. The van der Waals surface area contributed by atoms with Crippen molar-refractivity contribution >= 4 is 23.6 Å². The minimum absolute atomic E-state index is 0.600. The van der Waals surface area contributed by atoms with E-state index in [1.807, 2.05) is 12.1 Å². The molecule has 0 saturated heterocycles. The molecule has 0 aliphatic carbocycles. The molecule has 3 rings (SSSR count). The van der Waals surface area contributed by atoms with Crippen LogP contribution in [0.4, 0.5) is 5.69 Å². The van der Waals surface area contributed by atoms with Crippen molar-refractivity contribution in [1.29, 1.82) is 0 Å². The predicted octanol–water partition coefficient (Wildman–Crippen LogP) is 3.72. The number of carbonyl (C=O) groups is 1. The number of nitrogens with zero attached hydrogens (tertiary/aromatic N) is 1. The first-order valence-electron chi connectivity index (χ1n) is 6.34. The van der Waals surface area contributed by atoms with Gasteiger partial charge in [-0.05, 0) is 35.7 Å². The van der Waals surface area contributed by atoms with Gasteiger partial charge in [0, 0.05) is 29.4 Å². The van der Waals surface area contributed by atoms with Crippen LogP contribution in [0.2, 0.25) is 5.02 Å². The van der Waals surface area contributed by atoms with Gasteiger partial charge in [-0.1, -0.05) is 35.9 Å². The molecule has 0 N–H and O–H groups in total. The van der Waals surface area contributed by atoms with Gasteiger partial charge in [0.1, 0.15) is 0 Å². The Bertz CT molecular complexity index is 624. The molecule has 2 nitrogen and oxygen atoms in total. The lowest BCUT2D eigenvalue weighted by molar-refractivity contribution is 0.112. The fourth-order valence-electron chi connectivity index (χ4n) is 2.61. The molecule has 3 heteroatoms. The van der Waals surface area contributed by atoms with Gasteiger partial charge in [-0.15, -0.1) is 0 Å². The van der Waals surface area contributed by atoms with Crippen LogP contribution in [0.1, 0.15) is 21.5 Å². The highest BCUT2D eigenvalue weighted by molar-refractivity contribution is 6.31. The van der Waals surface area contributed by atoms with Crippen LogP contribution in [-0.2, 0) is 13.0 Å². The summed E-state index contributed by atoms with van der Waals surface area (Å²) < 4.78 is 0. The summed E-state index contributed by atoms with van der Waals surface area (Å²) in [5.41, 5.74) is 4.36. The van der Waals surface area contributed by atoms with E-state index in [1.54, 1.807) is 6.07 Å². The number of hydrogen-bond acceptors (Lipinski definition) is 2. The Balaban J connectivity index is 1.95. The summed E-state index contributed by atoms with van der Waals surface area (Å²) in [6.07, 6.45) is 1.89. The van der Waals surface area contributed by atoms with Crippen molar-refractivity contribution in [3.05, 3.63) is 64.2 Å². The maximum atomic E-state index is 11.2. The van der Waals surface area contributed by atoms with Gasteiger partial charge in [0.15, 0.2) is 6.29 Å². The van der Waals surface area contributed by atoms with Crippen LogP contribution in [0.5, 0.6) is 0 Å². The summed E-state index contributed by atoms with van der Waals surface area (Å²) in [6.45, 7) is 1.78. The highest BCUT2D eigenvalue weighted by Crippen LogP contribution is 2.28. The van der Waals surface area contributed by atoms with Crippen molar-refractivity contribution in [3.63, 3.8) is 0 Å². The lowest BCUT2D eigenvalue weighted by Gasteiger charge is -2.31. The van der Waals surface area contributed by atoms with E-state index in [1.165, 1.54) is 11.1 Å². The SMILES string of the molecule is O=Cc1cc(Cl)ccc1N1CCc2ccccc2C1. The Kier molecular flexibility index (Phi) is 3.26. The number of rotatable bonds is 2. The van der Waals surface area contributed by atoms with Crippen molar-refractivity contribution in [3.8, 4) is 0 Å². The molecule has 1 aliphatic heterocycles. The van der Waals surface area contributed by atoms with Gasteiger partial charge in [0.2, 0.25) is 0 Å². The van der Waals surface area contributed by atoms with Crippen LogP contribution >= 0.6 is 11.6 Å². The molecule has 0 atom stereocenters. The van der Waals surface area contributed by atoms with E-state index in [0.29, 0.717) is 10.6 Å². The highest BCUT2D eigenvalue weighted by atomic mass is 35.5. The van der Waals surface area contributed by atoms with Crippen LogP contribution in [0.3, 0.4) is 0 Å². The van der Waals surface area contributed by atoms with Crippen molar-refractivity contribution in [1.82, 2.24) is 0 Å². The molecule has 0 amide bonds. The van der Waals surface area contributed by atoms with Crippen LogP contribution in [0.25, 0.3) is 0 Å². The molecule has 0 bridgehead atoms. The molecular weight excluding hydrogens is 258 g/mol. The average molecular weight is 272 g/mol. The highest BCUT2D eigenvalue weighted by Gasteiger charge is 2.18. The fraction of sp³-hybridized carbons (Fsp3) is 0.188. The third-order valence-corrected chi connectivity index (χ3v) is 3.82. The number of halogens is 1. The number of aldehydes is 1. The standard InChI is InChI=1S/C16H14ClNO/c17-15-5-6-16(14(9-15)11-19)18-8-7-12-3-1-2-4-13(12)10-18/h1-6,9,11H,7-8,10H2. The van der Waals surface area contributed by atoms with E-state index in [9.17, 15) is 4.79 Å². The van der Waals surface area contributed by atoms with Crippen LogP contribution in [-0.4, -0.2) is 12.8 Å². The van der Waals surface area contributed by atoms with Crippen LogP contribution in [0, 0.1) is 0 Å². The van der Waals surface area contributed by atoms with E-state index in [-0.39, 0.29) is 0 Å². The van der Waals surface area contributed by atoms with Gasteiger partial charge >= 0.3 is 0 Å². The van der Waals surface area contributed by atoms with Gasteiger partial charge in [-0.3, -0.25) is 4.79 Å². The summed E-state index contributed by atoms with van der Waals surface area (Å²) in [7, 11) is 0. The molecule has 0 aromatic heterocycles. The minimum atomic E-state index is 0.600. The molecule has 2 aromatic carbocycles. The summed E-state index contributed by atoms with van der Waals surface area (Å²) in [4.78, 5) is 13.4. The molecule has 0 unspecified atom stereocenters. The summed E-state index contributed by atoms with van der Waals surface area (Å²) in [5.74, 6) is 0. The Hall–Kier alpha value is -1.80. The Morgan fingerprint density at radius 1 is 1.11 bits per heavy atom. The zero-order valence-electron chi connectivity index (χ0n) is 10.5. The molecular formula is C16H14ClNO. The smallest absolute Gasteiger partial charge is 0.152 e. The van der Waals surface area contributed by atoms with E-state index < -0.39 is 0 Å². The quantitative estimate of drug-likeness (QED) is 0.776. The number of benzene rings is 2. The molecule has 0 fully saturated rings. The Morgan fingerprint density at radius 3 is 2.68 bits per heavy atom. The molecule has 0 radical (unpaired) electrons. The zero-order chi connectivity index (χ0) is 13.2. The third kappa shape index (κ3) is 2.36. The lowest BCUT2D eigenvalue weighted by Crippen LogP contribution is -2.31. The second-order valence-corrected chi connectivity index (χ2v) is 5.20. The molecule has 1 heterocycles. The Morgan fingerprint density at radius 2 is 1.89 bits per heavy atom. The predicted molar refractivity (Wildman–Crippen MR) is 78.0 cm³/mol. The topological polar surface area (TPSA) is 20.3 Å². The summed E-state index contributed by atoms with van der Waals surface area (Å²) >= 11 is 5.94. The zero-order valence-corrected chi connectivity index (χ0v) is 11.2. The van der Waals surface area contributed by atoms with Crippen LogP contribution in [0.15, 0.2) is 42.5 Å². The van der Waals surface area contributed by atoms with Crippen molar-refractivity contribution in [2.45, 2.75) is 13.0 Å². The van der Waals surface area contributed by atoms with E-state index >= 15 is 0 Å². The van der Waals surface area contributed by atoms with Gasteiger partial charge in [-0.25, -0.2) is 0 Å². The number of carbonyl (C=O) groups excluding carboxylic acids is 1. The molecule has 1 aliphatic rings. The normalized spacial score (nSPS) is 14.1. The maximum Gasteiger partial charge on any atom is 0.152 e.